The second-order valence-corrected chi connectivity index (χ2v) is 6.75. The van der Waals surface area contributed by atoms with E-state index in [1.807, 2.05) is 12.1 Å². The standard InChI is InChI=1S/C18H18ClN4O3/c19-15-6-3-13(4-7-15)12-26-16-8-5-14(11-20-16)17-18(24)21-9-1-2-10-22(21)23(17)25/h3-8,11,17H,1-2,9-10,12H2/q+1. The molecule has 1 aromatic heterocycles. The number of pyridine rings is 1. The topological polar surface area (TPSA) is 65.8 Å². The van der Waals surface area contributed by atoms with Gasteiger partial charge in [0.1, 0.15) is 13.2 Å². The lowest BCUT2D eigenvalue weighted by atomic mass is 10.1. The maximum atomic E-state index is 12.5. The molecular formula is C18H18ClN4O3+. The summed E-state index contributed by atoms with van der Waals surface area (Å²) in [6, 6.07) is 9.90. The zero-order chi connectivity index (χ0) is 18.1. The summed E-state index contributed by atoms with van der Waals surface area (Å²) in [7, 11) is 0. The number of rotatable bonds is 4. The number of fused-ring (bicyclic) bond motifs is 1. The summed E-state index contributed by atoms with van der Waals surface area (Å²) < 4.78 is 5.65. The van der Waals surface area contributed by atoms with Crippen LogP contribution in [0.3, 0.4) is 0 Å². The fraction of sp³-hybridized carbons (Fsp3) is 0.333. The van der Waals surface area contributed by atoms with Crippen molar-refractivity contribution in [3.05, 3.63) is 63.7 Å². The summed E-state index contributed by atoms with van der Waals surface area (Å²) in [6.45, 7) is 1.52. The Labute approximate surface area is 155 Å². The van der Waals surface area contributed by atoms with Gasteiger partial charge in [-0.2, -0.15) is 5.01 Å². The van der Waals surface area contributed by atoms with Gasteiger partial charge < -0.3 is 4.74 Å². The molecule has 0 radical (unpaired) electrons. The smallest absolute Gasteiger partial charge is 0.341 e. The monoisotopic (exact) mass is 373 g/mol. The number of carbonyl (C=O) groups is 1. The number of carbonyl (C=O) groups excluding carboxylic acids is 1. The van der Waals surface area contributed by atoms with E-state index in [2.05, 4.69) is 4.98 Å². The average molecular weight is 374 g/mol. The van der Waals surface area contributed by atoms with Crippen molar-refractivity contribution < 1.29 is 14.4 Å². The minimum absolute atomic E-state index is 0.198. The lowest BCUT2D eigenvalue weighted by Gasteiger charge is -2.24. The summed E-state index contributed by atoms with van der Waals surface area (Å²) >= 11 is 5.86. The molecule has 3 heterocycles. The van der Waals surface area contributed by atoms with Crippen LogP contribution < -0.4 is 4.74 Å². The molecule has 2 aliphatic heterocycles. The highest BCUT2D eigenvalue weighted by Crippen LogP contribution is 2.31. The fourth-order valence-corrected chi connectivity index (χ4v) is 3.32. The zero-order valence-corrected chi connectivity index (χ0v) is 14.8. The first-order valence-corrected chi connectivity index (χ1v) is 8.89. The van der Waals surface area contributed by atoms with Gasteiger partial charge in [-0.25, -0.2) is 4.98 Å². The van der Waals surface area contributed by atoms with Crippen molar-refractivity contribution in [1.82, 2.24) is 15.1 Å². The third kappa shape index (κ3) is 3.10. The van der Waals surface area contributed by atoms with Gasteiger partial charge in [-0.3, -0.25) is 4.79 Å². The van der Waals surface area contributed by atoms with Crippen LogP contribution in [0.25, 0.3) is 0 Å². The second-order valence-electron chi connectivity index (χ2n) is 6.31. The Kier molecular flexibility index (Phi) is 4.46. The van der Waals surface area contributed by atoms with Crippen molar-refractivity contribution in [1.29, 1.82) is 0 Å². The van der Waals surface area contributed by atoms with Crippen molar-refractivity contribution in [3.63, 3.8) is 0 Å². The van der Waals surface area contributed by atoms with Crippen LogP contribution in [0.2, 0.25) is 5.02 Å². The number of hydrazine groups is 2. The Morgan fingerprint density at radius 2 is 1.92 bits per heavy atom. The van der Waals surface area contributed by atoms with Crippen LogP contribution in [-0.4, -0.2) is 39.0 Å². The summed E-state index contributed by atoms with van der Waals surface area (Å²) in [6.07, 6.45) is 3.35. The van der Waals surface area contributed by atoms with E-state index in [0.717, 1.165) is 23.3 Å². The van der Waals surface area contributed by atoms with Gasteiger partial charge in [0.15, 0.2) is 4.87 Å². The quantitative estimate of drug-likeness (QED) is 0.771. The van der Waals surface area contributed by atoms with Crippen LogP contribution >= 0.6 is 11.6 Å². The van der Waals surface area contributed by atoms with E-state index >= 15 is 0 Å². The van der Waals surface area contributed by atoms with Crippen LogP contribution in [0.15, 0.2) is 42.6 Å². The molecule has 1 unspecified atom stereocenters. The number of ether oxygens (including phenoxy) is 1. The van der Waals surface area contributed by atoms with Gasteiger partial charge in [-0.15, -0.1) is 0 Å². The van der Waals surface area contributed by atoms with E-state index in [9.17, 15) is 9.70 Å². The Balaban J connectivity index is 1.45. The van der Waals surface area contributed by atoms with Gasteiger partial charge in [0, 0.05) is 23.8 Å². The van der Waals surface area contributed by atoms with Gasteiger partial charge in [0.2, 0.25) is 5.88 Å². The molecule has 2 fully saturated rings. The fourth-order valence-electron chi connectivity index (χ4n) is 3.20. The summed E-state index contributed by atoms with van der Waals surface area (Å²) in [4.78, 5) is 30.0. The minimum Gasteiger partial charge on any atom is -0.473 e. The Morgan fingerprint density at radius 1 is 1.15 bits per heavy atom. The average Bonchev–Trinajstić information content (AvgIpc) is 2.93. The van der Waals surface area contributed by atoms with E-state index in [-0.39, 0.29) is 5.91 Å². The van der Waals surface area contributed by atoms with Crippen molar-refractivity contribution in [2.24, 2.45) is 0 Å². The van der Waals surface area contributed by atoms with Crippen molar-refractivity contribution >= 4 is 17.5 Å². The van der Waals surface area contributed by atoms with Gasteiger partial charge >= 0.3 is 11.9 Å². The van der Waals surface area contributed by atoms with Gasteiger partial charge in [-0.05, 0) is 41.7 Å². The van der Waals surface area contributed by atoms with Gasteiger partial charge in [0.05, 0.1) is 10.5 Å². The molecule has 8 heteroatoms. The molecule has 1 atom stereocenters. The molecule has 2 saturated heterocycles. The lowest BCUT2D eigenvalue weighted by Crippen LogP contribution is -2.45. The molecule has 0 spiro atoms. The van der Waals surface area contributed by atoms with Crippen LogP contribution in [0.5, 0.6) is 5.88 Å². The molecule has 4 rings (SSSR count). The number of nitrogens with zero attached hydrogens (tertiary/aromatic N) is 4. The summed E-state index contributed by atoms with van der Waals surface area (Å²) in [5.74, 6) is 0.237. The van der Waals surface area contributed by atoms with Crippen molar-refractivity contribution in [2.45, 2.75) is 25.5 Å². The van der Waals surface area contributed by atoms with Gasteiger partial charge in [-0.1, -0.05) is 23.7 Å². The first kappa shape index (κ1) is 16.8. The van der Waals surface area contributed by atoms with E-state index in [0.29, 0.717) is 36.2 Å². The molecule has 2 aliphatic rings. The number of aromatic nitrogens is 1. The zero-order valence-electron chi connectivity index (χ0n) is 14.0. The van der Waals surface area contributed by atoms with Crippen LogP contribution in [0.1, 0.15) is 30.0 Å². The minimum atomic E-state index is -0.870. The first-order valence-electron chi connectivity index (χ1n) is 8.52. The Bertz CT molecular complexity index is 801. The molecule has 0 bridgehead atoms. The number of hydrogen-bond acceptors (Lipinski definition) is 4. The number of amides is 1. The third-order valence-electron chi connectivity index (χ3n) is 4.57. The third-order valence-corrected chi connectivity index (χ3v) is 4.82. The van der Waals surface area contributed by atoms with E-state index in [4.69, 9.17) is 16.3 Å². The van der Waals surface area contributed by atoms with E-state index in [1.165, 1.54) is 16.3 Å². The predicted octanol–water partition coefficient (Wildman–Crippen LogP) is 2.90. The SMILES string of the molecule is O=C1C(c2ccc(OCc3ccc(Cl)cc3)nc2)[N+](=O)N2CCCCN12. The lowest BCUT2D eigenvalue weighted by molar-refractivity contribution is -0.740. The predicted molar refractivity (Wildman–Crippen MR) is 94.0 cm³/mol. The maximum absolute atomic E-state index is 12.5. The number of hydrogen-bond donors (Lipinski definition) is 0. The molecule has 0 aliphatic carbocycles. The first-order chi connectivity index (χ1) is 12.6. The molecule has 134 valence electrons. The van der Waals surface area contributed by atoms with E-state index in [1.54, 1.807) is 24.3 Å². The molecule has 1 amide bonds. The summed E-state index contributed by atoms with van der Waals surface area (Å²) in [5, 5.41) is 3.69. The molecule has 0 saturated carbocycles. The molecule has 7 nitrogen and oxygen atoms in total. The highest BCUT2D eigenvalue weighted by Gasteiger charge is 2.55. The van der Waals surface area contributed by atoms with Crippen LogP contribution in [0.4, 0.5) is 0 Å². The largest absolute Gasteiger partial charge is 0.473 e. The number of halogens is 1. The second kappa shape index (κ2) is 6.92. The Hall–Kier alpha value is -2.67. The normalized spacial score (nSPS) is 19.7. The molecule has 26 heavy (non-hydrogen) atoms. The molecular weight excluding hydrogens is 356 g/mol. The molecule has 1 aromatic carbocycles. The van der Waals surface area contributed by atoms with Gasteiger partial charge in [0.25, 0.3) is 0 Å². The van der Waals surface area contributed by atoms with Crippen molar-refractivity contribution in [2.75, 3.05) is 13.1 Å². The van der Waals surface area contributed by atoms with Crippen molar-refractivity contribution in [3.8, 4) is 5.88 Å². The molecule has 2 aromatic rings. The Morgan fingerprint density at radius 3 is 2.62 bits per heavy atom. The number of benzene rings is 1. The van der Waals surface area contributed by atoms with E-state index < -0.39 is 6.04 Å². The number of nitroso groups, excluding NO2 is 1. The van der Waals surface area contributed by atoms with Crippen LogP contribution in [0, 0.1) is 4.91 Å². The van der Waals surface area contributed by atoms with Crippen LogP contribution in [-0.2, 0) is 11.4 Å². The maximum Gasteiger partial charge on any atom is 0.341 e. The highest BCUT2D eigenvalue weighted by atomic mass is 35.5. The summed E-state index contributed by atoms with van der Waals surface area (Å²) in [5.41, 5.74) is 1.54. The highest BCUT2D eigenvalue weighted by molar-refractivity contribution is 6.30. The molecule has 0 N–H and O–H groups in total.